The largest absolute Gasteiger partial charge is 0.428 e. The molecule has 0 saturated heterocycles. The third-order valence-electron chi connectivity index (χ3n) is 3.40. The van der Waals surface area contributed by atoms with E-state index in [9.17, 15) is 0 Å². The highest BCUT2D eigenvalue weighted by atomic mass is 32.9. The summed E-state index contributed by atoms with van der Waals surface area (Å²) in [4.78, 5) is 0. The van der Waals surface area contributed by atoms with E-state index in [1.165, 1.54) is 11.1 Å². The lowest BCUT2D eigenvalue weighted by Crippen LogP contribution is -1.96. The molecule has 0 atom stereocenters. The Bertz CT molecular complexity index is 656. The fraction of sp³-hybridized carbons (Fsp3) is 0.250. The van der Waals surface area contributed by atoms with Crippen molar-refractivity contribution in [1.82, 2.24) is 0 Å². The van der Waals surface area contributed by atoms with Crippen molar-refractivity contribution >= 4 is 29.7 Å². The molecule has 0 aliphatic heterocycles. The van der Waals surface area contributed by atoms with Gasteiger partial charge in [-0.1, -0.05) is 24.4 Å². The highest BCUT2D eigenvalue weighted by Crippen LogP contribution is 2.53. The van der Waals surface area contributed by atoms with Crippen LogP contribution in [0.2, 0.25) is 0 Å². The summed E-state index contributed by atoms with van der Waals surface area (Å²) in [6, 6.07) is 11.7. The fourth-order valence-electron chi connectivity index (χ4n) is 1.83. The van der Waals surface area contributed by atoms with E-state index in [1.54, 1.807) is 0 Å². The summed E-state index contributed by atoms with van der Waals surface area (Å²) in [5.74, 6) is 1.39. The first-order valence-electron chi connectivity index (χ1n) is 6.63. The van der Waals surface area contributed by atoms with E-state index in [2.05, 4.69) is 26.1 Å². The van der Waals surface area contributed by atoms with Gasteiger partial charge in [-0.05, 0) is 86.0 Å². The maximum atomic E-state index is 5.78. The summed E-state index contributed by atoms with van der Waals surface area (Å²) in [5.41, 5.74) is 2.06. The summed E-state index contributed by atoms with van der Waals surface area (Å²) >= 11 is 9.80. The van der Waals surface area contributed by atoms with Crippen molar-refractivity contribution in [3.8, 4) is 11.5 Å². The third kappa shape index (κ3) is 4.50. The van der Waals surface area contributed by atoms with Gasteiger partial charge in [0.15, 0.2) is 0 Å². The summed E-state index contributed by atoms with van der Waals surface area (Å²) in [6.07, 6.45) is 0. The van der Waals surface area contributed by atoms with Crippen LogP contribution in [0.25, 0.3) is 0 Å². The first-order chi connectivity index (χ1) is 9.77. The van der Waals surface area contributed by atoms with E-state index in [1.807, 2.05) is 50.2 Å². The Morgan fingerprint density at radius 1 is 0.762 bits per heavy atom. The second kappa shape index (κ2) is 6.43. The van der Waals surface area contributed by atoms with Gasteiger partial charge in [-0.25, -0.2) is 0 Å². The summed E-state index contributed by atoms with van der Waals surface area (Å²) in [6.45, 7) is 8.19. The Kier molecular flexibility index (Phi) is 5.03. The maximum Gasteiger partial charge on any atom is 0.345 e. The standard InChI is InChI=1S/C16H19O2PS2/c1-11-5-7-15(9-13(11)3)17-19(20,21)18-16-8-6-12(2)14(4)10-16/h5-10H,1-4H3,(H,20,21). The van der Waals surface area contributed by atoms with Gasteiger partial charge in [0.1, 0.15) is 11.5 Å². The van der Waals surface area contributed by atoms with Crippen LogP contribution < -0.4 is 9.05 Å². The number of hydrogen-bond donors (Lipinski definition) is 1. The topological polar surface area (TPSA) is 18.5 Å². The SMILES string of the molecule is Cc1ccc(OP(=S)(S)Oc2ccc(C)c(C)c2)cc1C. The lowest BCUT2D eigenvalue weighted by atomic mass is 10.1. The van der Waals surface area contributed by atoms with Crippen molar-refractivity contribution in [1.29, 1.82) is 0 Å². The van der Waals surface area contributed by atoms with E-state index in [0.717, 1.165) is 11.1 Å². The van der Waals surface area contributed by atoms with Crippen molar-refractivity contribution in [3.63, 3.8) is 0 Å². The first-order valence-corrected chi connectivity index (χ1v) is 10.4. The van der Waals surface area contributed by atoms with Gasteiger partial charge in [0, 0.05) is 0 Å². The summed E-state index contributed by atoms with van der Waals surface area (Å²) in [7, 11) is 0. The predicted octanol–water partition coefficient (Wildman–Crippen LogP) is 5.53. The van der Waals surface area contributed by atoms with E-state index in [4.69, 9.17) is 20.9 Å². The Morgan fingerprint density at radius 3 is 1.48 bits per heavy atom. The molecule has 0 saturated carbocycles. The van der Waals surface area contributed by atoms with Gasteiger partial charge in [0.25, 0.3) is 0 Å². The molecule has 0 heterocycles. The van der Waals surface area contributed by atoms with Gasteiger partial charge in [0.05, 0.1) is 0 Å². The molecule has 0 aliphatic carbocycles. The van der Waals surface area contributed by atoms with Crippen molar-refractivity contribution in [2.45, 2.75) is 27.7 Å². The molecular weight excluding hydrogens is 319 g/mol. The third-order valence-corrected chi connectivity index (χ3v) is 5.22. The average Bonchev–Trinajstić information content (AvgIpc) is 2.37. The van der Waals surface area contributed by atoms with Gasteiger partial charge in [-0.2, -0.15) is 0 Å². The maximum absolute atomic E-state index is 5.78. The van der Waals surface area contributed by atoms with Gasteiger partial charge in [-0.3, -0.25) is 0 Å². The quantitative estimate of drug-likeness (QED) is 0.584. The minimum absolute atomic E-state index is 0.695. The van der Waals surface area contributed by atoms with Crippen molar-refractivity contribution in [2.24, 2.45) is 0 Å². The van der Waals surface area contributed by atoms with Crippen LogP contribution >= 0.6 is 17.9 Å². The number of rotatable bonds is 4. The second-order valence-corrected chi connectivity index (χ2v) is 10.3. The van der Waals surface area contributed by atoms with Crippen LogP contribution in [0.15, 0.2) is 36.4 Å². The van der Waals surface area contributed by atoms with Crippen LogP contribution in [-0.2, 0) is 11.8 Å². The molecule has 21 heavy (non-hydrogen) atoms. The fourth-order valence-corrected chi connectivity index (χ4v) is 3.71. The van der Waals surface area contributed by atoms with Crippen molar-refractivity contribution in [3.05, 3.63) is 58.7 Å². The molecule has 0 unspecified atom stereocenters. The zero-order chi connectivity index (χ0) is 15.6. The Balaban J connectivity index is 2.15. The first kappa shape index (κ1) is 16.4. The Labute approximate surface area is 136 Å². The molecule has 5 heteroatoms. The zero-order valence-corrected chi connectivity index (χ0v) is 15.2. The molecule has 112 valence electrons. The molecule has 2 aromatic rings. The van der Waals surface area contributed by atoms with E-state index >= 15 is 0 Å². The summed E-state index contributed by atoms with van der Waals surface area (Å²) in [5, 5.41) is 0. The van der Waals surface area contributed by atoms with Crippen LogP contribution in [0.4, 0.5) is 0 Å². The van der Waals surface area contributed by atoms with Crippen LogP contribution in [0.1, 0.15) is 22.3 Å². The molecule has 0 spiro atoms. The van der Waals surface area contributed by atoms with Crippen molar-refractivity contribution < 1.29 is 9.05 Å². The van der Waals surface area contributed by atoms with E-state index in [0.29, 0.717) is 11.5 Å². The molecule has 0 aliphatic rings. The minimum atomic E-state index is -2.68. The smallest absolute Gasteiger partial charge is 0.345 e. The van der Waals surface area contributed by atoms with Crippen LogP contribution in [0.5, 0.6) is 11.5 Å². The molecule has 0 N–H and O–H groups in total. The lowest BCUT2D eigenvalue weighted by Gasteiger charge is -2.19. The van der Waals surface area contributed by atoms with Crippen LogP contribution in [0.3, 0.4) is 0 Å². The predicted molar refractivity (Wildman–Crippen MR) is 96.4 cm³/mol. The van der Waals surface area contributed by atoms with Gasteiger partial charge in [0.2, 0.25) is 0 Å². The zero-order valence-electron chi connectivity index (χ0n) is 12.6. The Morgan fingerprint density at radius 2 is 1.14 bits per heavy atom. The Hall–Kier alpha value is -0.960. The second-order valence-electron chi connectivity index (χ2n) is 5.14. The van der Waals surface area contributed by atoms with Crippen LogP contribution in [0, 0.1) is 27.7 Å². The molecule has 0 bridgehead atoms. The van der Waals surface area contributed by atoms with E-state index in [-0.39, 0.29) is 0 Å². The normalized spacial score (nSPS) is 11.3. The molecule has 0 amide bonds. The molecule has 2 aromatic carbocycles. The number of aryl methyl sites for hydroxylation is 4. The molecular formula is C16H19O2PS2. The average molecular weight is 338 g/mol. The molecule has 2 rings (SSSR count). The van der Waals surface area contributed by atoms with Gasteiger partial charge in [-0.15, -0.1) is 0 Å². The number of thiol groups is 1. The molecule has 0 aromatic heterocycles. The number of hydrogen-bond acceptors (Lipinski definition) is 3. The number of benzene rings is 2. The van der Waals surface area contributed by atoms with E-state index < -0.39 is 5.69 Å². The monoisotopic (exact) mass is 338 g/mol. The van der Waals surface area contributed by atoms with Crippen molar-refractivity contribution in [2.75, 3.05) is 0 Å². The highest BCUT2D eigenvalue weighted by Gasteiger charge is 2.17. The van der Waals surface area contributed by atoms with Gasteiger partial charge < -0.3 is 9.05 Å². The molecule has 0 fully saturated rings. The molecule has 0 radical (unpaired) electrons. The van der Waals surface area contributed by atoms with Crippen LogP contribution in [-0.4, -0.2) is 0 Å². The highest BCUT2D eigenvalue weighted by molar-refractivity contribution is 8.60. The molecule has 2 nitrogen and oxygen atoms in total. The lowest BCUT2D eigenvalue weighted by molar-refractivity contribution is 0.506. The summed E-state index contributed by atoms with van der Waals surface area (Å²) < 4.78 is 11.6. The van der Waals surface area contributed by atoms with Gasteiger partial charge >= 0.3 is 5.69 Å². The minimum Gasteiger partial charge on any atom is -0.428 e.